The predicted octanol–water partition coefficient (Wildman–Crippen LogP) is 11.1. The van der Waals surface area contributed by atoms with Crippen LogP contribution in [0.3, 0.4) is 0 Å². The number of para-hydroxylation sites is 2. The number of aliphatic hydroxyl groups is 1. The Morgan fingerprint density at radius 3 is 0.944 bits per heavy atom. The van der Waals surface area contributed by atoms with Gasteiger partial charge in [0.15, 0.2) is 0 Å². The third-order valence-electron chi connectivity index (χ3n) is 8.27. The van der Waals surface area contributed by atoms with Crippen LogP contribution in [0.25, 0.3) is 0 Å². The van der Waals surface area contributed by atoms with E-state index in [1.165, 1.54) is 0 Å². The van der Waals surface area contributed by atoms with Gasteiger partial charge in [-0.15, -0.1) is 0 Å². The summed E-state index contributed by atoms with van der Waals surface area (Å²) in [7, 11) is 0. The highest BCUT2D eigenvalue weighted by Crippen LogP contribution is 2.32. The zero-order valence-corrected chi connectivity index (χ0v) is 29.7. The molecule has 0 saturated heterocycles. The highest BCUT2D eigenvalue weighted by atomic mass is 16.5. The zero-order valence-electron chi connectivity index (χ0n) is 29.7. The van der Waals surface area contributed by atoms with Gasteiger partial charge in [0.05, 0.1) is 6.61 Å². The van der Waals surface area contributed by atoms with Gasteiger partial charge in [0.1, 0.15) is 72.4 Å². The lowest BCUT2D eigenvalue weighted by Crippen LogP contribution is -2.02. The van der Waals surface area contributed by atoms with Crippen LogP contribution in [0.2, 0.25) is 0 Å². The van der Waals surface area contributed by atoms with Crippen molar-refractivity contribution in [3.8, 4) is 46.0 Å². The van der Waals surface area contributed by atoms with Crippen LogP contribution in [-0.2, 0) is 33.0 Å². The van der Waals surface area contributed by atoms with Crippen molar-refractivity contribution in [2.45, 2.75) is 33.0 Å². The monoisotopic (exact) mass is 716 g/mol. The van der Waals surface area contributed by atoms with Gasteiger partial charge >= 0.3 is 0 Å². The number of hydrogen-bond acceptors (Lipinski definition) is 7. The van der Waals surface area contributed by atoms with Gasteiger partial charge in [-0.1, -0.05) is 97.1 Å². The number of hydrogen-bond donors (Lipinski definition) is 1. The van der Waals surface area contributed by atoms with Crippen LogP contribution in [0.4, 0.5) is 0 Å². The molecule has 54 heavy (non-hydrogen) atoms. The summed E-state index contributed by atoms with van der Waals surface area (Å²) in [4.78, 5) is 0. The molecule has 1 N–H and O–H groups in total. The van der Waals surface area contributed by atoms with Crippen LogP contribution in [-0.4, -0.2) is 5.11 Å². The maximum Gasteiger partial charge on any atom is 0.131 e. The molecule has 7 nitrogen and oxygen atoms in total. The molecule has 0 radical (unpaired) electrons. The second kappa shape index (κ2) is 18.2. The average molecular weight is 717 g/mol. The molecular formula is C47H40O7. The molecule has 270 valence electrons. The molecule has 0 heterocycles. The normalized spacial score (nSPS) is 10.7. The molecule has 7 rings (SSSR count). The molecule has 7 aromatic rings. The summed E-state index contributed by atoms with van der Waals surface area (Å²) in [5.41, 5.74) is 4.47. The van der Waals surface area contributed by atoms with Gasteiger partial charge < -0.3 is 33.5 Å². The quantitative estimate of drug-likeness (QED) is 0.101. The summed E-state index contributed by atoms with van der Waals surface area (Å²) < 4.78 is 37.3. The average Bonchev–Trinajstić information content (AvgIpc) is 3.22. The lowest BCUT2D eigenvalue weighted by molar-refractivity contribution is 0.269. The van der Waals surface area contributed by atoms with E-state index in [1.54, 1.807) is 12.1 Å². The molecule has 0 bridgehead atoms. The minimum absolute atomic E-state index is 0.177. The lowest BCUT2D eigenvalue weighted by atomic mass is 10.2. The first-order valence-corrected chi connectivity index (χ1v) is 17.7. The summed E-state index contributed by atoms with van der Waals surface area (Å²) in [6, 6.07) is 56.1. The van der Waals surface area contributed by atoms with Gasteiger partial charge in [-0.3, -0.25) is 0 Å². The minimum atomic E-state index is -0.177. The van der Waals surface area contributed by atoms with Crippen molar-refractivity contribution in [2.24, 2.45) is 0 Å². The Morgan fingerprint density at radius 2 is 0.574 bits per heavy atom. The Morgan fingerprint density at radius 1 is 0.278 bits per heavy atom. The third-order valence-corrected chi connectivity index (χ3v) is 8.27. The van der Waals surface area contributed by atoms with Crippen LogP contribution in [0, 0.1) is 0 Å². The molecule has 7 aromatic carbocycles. The number of rotatable bonds is 17. The van der Waals surface area contributed by atoms with E-state index in [0.717, 1.165) is 22.3 Å². The van der Waals surface area contributed by atoms with Gasteiger partial charge in [0.2, 0.25) is 0 Å². The topological polar surface area (TPSA) is 75.6 Å². The van der Waals surface area contributed by atoms with E-state index in [1.807, 2.05) is 164 Å². The second-order valence-corrected chi connectivity index (χ2v) is 12.6. The molecule has 0 atom stereocenters. The van der Waals surface area contributed by atoms with E-state index in [9.17, 15) is 5.11 Å². The molecular weight excluding hydrogens is 677 g/mol. The van der Waals surface area contributed by atoms with Gasteiger partial charge in [-0.05, 0) is 88.5 Å². The summed E-state index contributed by atoms with van der Waals surface area (Å²) in [6.07, 6.45) is 0. The standard InChI is InChI=1S/C47H40O7/c48-30-37-21-42(51-33-38-23-44(49-31-35-13-5-1-6-14-35)28-46(25-38)53-40-17-9-3-10-18-40)27-43(22-37)52-34-39-24-45(50-32-36-15-7-2-8-16-36)29-47(26-39)54-41-19-11-4-12-20-41/h1-29,48H,30-34H2. The second-order valence-electron chi connectivity index (χ2n) is 12.6. The molecule has 0 aromatic heterocycles. The van der Waals surface area contributed by atoms with E-state index < -0.39 is 0 Å². The van der Waals surface area contributed by atoms with Gasteiger partial charge in [0.25, 0.3) is 0 Å². The van der Waals surface area contributed by atoms with E-state index in [-0.39, 0.29) is 19.8 Å². The van der Waals surface area contributed by atoms with Crippen LogP contribution < -0.4 is 28.4 Å². The Bertz CT molecular complexity index is 2050. The number of benzene rings is 7. The highest BCUT2D eigenvalue weighted by molar-refractivity contribution is 5.44. The van der Waals surface area contributed by atoms with E-state index in [2.05, 4.69) is 0 Å². The minimum Gasteiger partial charge on any atom is -0.489 e. The fraction of sp³-hybridized carbons (Fsp3) is 0.106. The molecule has 0 unspecified atom stereocenters. The first-order chi connectivity index (χ1) is 26.6. The largest absolute Gasteiger partial charge is 0.489 e. The molecule has 0 aliphatic rings. The van der Waals surface area contributed by atoms with Crippen LogP contribution in [0.5, 0.6) is 46.0 Å². The highest BCUT2D eigenvalue weighted by Gasteiger charge is 2.11. The summed E-state index contributed by atoms with van der Waals surface area (Å²) in [6.45, 7) is 1.10. The molecule has 0 amide bonds. The Kier molecular flexibility index (Phi) is 12.0. The van der Waals surface area contributed by atoms with E-state index >= 15 is 0 Å². The van der Waals surface area contributed by atoms with Crippen molar-refractivity contribution in [2.75, 3.05) is 0 Å². The lowest BCUT2D eigenvalue weighted by Gasteiger charge is -2.15. The Balaban J connectivity index is 1.06. The first-order valence-electron chi connectivity index (χ1n) is 17.7. The SMILES string of the molecule is OCc1cc(OCc2cc(OCc3ccccc3)cc(Oc3ccccc3)c2)cc(OCc2cc(OCc3ccccc3)cc(Oc3ccccc3)c2)c1. The van der Waals surface area contributed by atoms with Gasteiger partial charge in [-0.25, -0.2) is 0 Å². The fourth-order valence-corrected chi connectivity index (χ4v) is 5.67. The van der Waals surface area contributed by atoms with E-state index in [0.29, 0.717) is 64.8 Å². The zero-order chi connectivity index (χ0) is 36.8. The summed E-state index contributed by atoms with van der Waals surface area (Å²) in [5, 5.41) is 10.1. The molecule has 0 aliphatic heterocycles. The molecule has 0 spiro atoms. The van der Waals surface area contributed by atoms with Gasteiger partial charge in [-0.2, -0.15) is 0 Å². The fourth-order valence-electron chi connectivity index (χ4n) is 5.67. The third kappa shape index (κ3) is 10.7. The Hall–Kier alpha value is -6.70. The molecule has 0 aliphatic carbocycles. The van der Waals surface area contributed by atoms with Crippen LogP contribution in [0.15, 0.2) is 176 Å². The van der Waals surface area contributed by atoms with Crippen molar-refractivity contribution in [1.82, 2.24) is 0 Å². The van der Waals surface area contributed by atoms with Crippen molar-refractivity contribution < 1.29 is 33.5 Å². The van der Waals surface area contributed by atoms with E-state index in [4.69, 9.17) is 28.4 Å². The van der Waals surface area contributed by atoms with Crippen molar-refractivity contribution in [3.05, 3.63) is 204 Å². The van der Waals surface area contributed by atoms with Crippen molar-refractivity contribution >= 4 is 0 Å². The first kappa shape index (κ1) is 35.7. The summed E-state index contributed by atoms with van der Waals surface area (Å²) >= 11 is 0. The number of aliphatic hydroxyl groups excluding tert-OH is 1. The predicted molar refractivity (Wildman–Crippen MR) is 208 cm³/mol. The van der Waals surface area contributed by atoms with Crippen LogP contribution in [0.1, 0.15) is 27.8 Å². The maximum absolute atomic E-state index is 10.1. The van der Waals surface area contributed by atoms with Crippen molar-refractivity contribution in [1.29, 1.82) is 0 Å². The molecule has 7 heteroatoms. The molecule has 0 fully saturated rings. The Labute approximate surface area is 315 Å². The smallest absolute Gasteiger partial charge is 0.131 e. The van der Waals surface area contributed by atoms with Crippen LogP contribution >= 0.6 is 0 Å². The van der Waals surface area contributed by atoms with Gasteiger partial charge in [0, 0.05) is 18.2 Å². The number of ether oxygens (including phenoxy) is 6. The summed E-state index contributed by atoms with van der Waals surface area (Å²) in [5.74, 6) is 5.10. The van der Waals surface area contributed by atoms with Crippen molar-refractivity contribution in [3.63, 3.8) is 0 Å². The molecule has 0 saturated carbocycles. The maximum atomic E-state index is 10.1.